The average molecular weight is 352 g/mol. The van der Waals surface area contributed by atoms with E-state index in [1.165, 1.54) is 0 Å². The van der Waals surface area contributed by atoms with E-state index in [4.69, 9.17) is 9.47 Å². The molecule has 1 aliphatic rings. The third-order valence-electron chi connectivity index (χ3n) is 4.14. The Morgan fingerprint density at radius 1 is 1.15 bits per heavy atom. The Labute approximate surface area is 152 Å². The van der Waals surface area contributed by atoms with Gasteiger partial charge in [0, 0.05) is 6.42 Å². The Morgan fingerprint density at radius 2 is 1.85 bits per heavy atom. The van der Waals surface area contributed by atoms with E-state index in [1.54, 1.807) is 19.0 Å². The molecule has 1 atom stereocenters. The number of hydrogen-bond acceptors (Lipinski definition) is 6. The minimum Gasteiger partial charge on any atom is -0.497 e. The Morgan fingerprint density at radius 3 is 2.46 bits per heavy atom. The van der Waals surface area contributed by atoms with Crippen molar-refractivity contribution < 1.29 is 19.1 Å². The molecule has 0 saturated carbocycles. The van der Waals surface area contributed by atoms with E-state index in [0.717, 1.165) is 11.3 Å². The molecule has 6 nitrogen and oxygen atoms in total. The molecule has 0 saturated heterocycles. The minimum absolute atomic E-state index is 0.147. The topological polar surface area (TPSA) is 68.2 Å². The van der Waals surface area contributed by atoms with Gasteiger partial charge in [-0.3, -0.25) is 9.80 Å². The predicted molar refractivity (Wildman–Crippen MR) is 98.3 cm³/mol. The van der Waals surface area contributed by atoms with Gasteiger partial charge in [-0.1, -0.05) is 30.3 Å². The van der Waals surface area contributed by atoms with Crippen molar-refractivity contribution in [2.45, 2.75) is 19.4 Å². The summed E-state index contributed by atoms with van der Waals surface area (Å²) in [6.07, 6.45) is 0.147. The fourth-order valence-electron chi connectivity index (χ4n) is 2.85. The third kappa shape index (κ3) is 3.59. The summed E-state index contributed by atoms with van der Waals surface area (Å²) in [7, 11) is 1.60. The van der Waals surface area contributed by atoms with Crippen molar-refractivity contribution >= 4 is 23.2 Å². The molecule has 2 aromatic carbocycles. The van der Waals surface area contributed by atoms with Crippen LogP contribution in [-0.2, 0) is 14.3 Å². The number of Topliss-reactive ketones (excluding diaryl/α,β-unsaturated/α-hetero) is 1. The highest BCUT2D eigenvalue weighted by Crippen LogP contribution is 2.34. The Balaban J connectivity index is 2.04. The highest BCUT2D eigenvalue weighted by atomic mass is 16.5. The van der Waals surface area contributed by atoms with E-state index in [-0.39, 0.29) is 30.6 Å². The maximum atomic E-state index is 12.5. The average Bonchev–Trinajstić information content (AvgIpc) is 2.68. The van der Waals surface area contributed by atoms with Crippen LogP contribution in [0.1, 0.15) is 24.9 Å². The van der Waals surface area contributed by atoms with Crippen molar-refractivity contribution in [2.75, 3.05) is 18.7 Å². The monoisotopic (exact) mass is 352 g/mol. The lowest BCUT2D eigenvalue weighted by atomic mass is 9.96. The lowest BCUT2D eigenvalue weighted by molar-refractivity contribution is -0.135. The molecule has 1 heterocycles. The van der Waals surface area contributed by atoms with Gasteiger partial charge in [0.05, 0.1) is 25.4 Å². The molecule has 26 heavy (non-hydrogen) atoms. The predicted octanol–water partition coefficient (Wildman–Crippen LogP) is 3.13. The summed E-state index contributed by atoms with van der Waals surface area (Å²) in [5, 5.41) is 6.05. The molecule has 0 spiro atoms. The second kappa shape index (κ2) is 7.82. The molecule has 0 bridgehead atoms. The number of esters is 1. The molecule has 0 unspecified atom stereocenters. The van der Waals surface area contributed by atoms with Crippen LogP contribution in [0.5, 0.6) is 5.75 Å². The largest absolute Gasteiger partial charge is 0.497 e. The molecule has 0 amide bonds. The highest BCUT2D eigenvalue weighted by Gasteiger charge is 2.35. The first-order valence-electron chi connectivity index (χ1n) is 8.41. The number of nitrogens with zero attached hydrogens (tertiary/aromatic N) is 2. The van der Waals surface area contributed by atoms with Gasteiger partial charge in [-0.2, -0.15) is 5.10 Å². The van der Waals surface area contributed by atoms with Crippen molar-refractivity contribution in [2.24, 2.45) is 5.10 Å². The number of rotatable bonds is 5. The van der Waals surface area contributed by atoms with Crippen LogP contribution in [-0.4, -0.2) is 31.2 Å². The molecule has 0 fully saturated rings. The van der Waals surface area contributed by atoms with E-state index < -0.39 is 5.97 Å². The zero-order chi connectivity index (χ0) is 18.5. The first-order chi connectivity index (χ1) is 12.6. The third-order valence-corrected chi connectivity index (χ3v) is 4.14. The number of hydrazone groups is 1. The molecule has 1 aliphatic heterocycles. The lowest BCUT2D eigenvalue weighted by Crippen LogP contribution is -2.39. The fraction of sp³-hybridized carbons (Fsp3) is 0.250. The summed E-state index contributed by atoms with van der Waals surface area (Å²) in [6, 6.07) is 16.6. The minimum atomic E-state index is -0.692. The molecule has 0 aliphatic carbocycles. The van der Waals surface area contributed by atoms with Gasteiger partial charge in [0.25, 0.3) is 0 Å². The summed E-state index contributed by atoms with van der Waals surface area (Å²) in [5.41, 5.74) is 1.53. The fourth-order valence-corrected chi connectivity index (χ4v) is 2.85. The summed E-state index contributed by atoms with van der Waals surface area (Å²) in [6.45, 7) is 1.88. The number of hydrogen-bond donors (Lipinski definition) is 0. The van der Waals surface area contributed by atoms with Gasteiger partial charge in [-0.25, -0.2) is 4.79 Å². The summed E-state index contributed by atoms with van der Waals surface area (Å²) >= 11 is 0. The second-order valence-electron chi connectivity index (χ2n) is 5.77. The van der Waals surface area contributed by atoms with Crippen LogP contribution in [0.25, 0.3) is 0 Å². The maximum absolute atomic E-state index is 12.5. The molecule has 0 N–H and O–H groups in total. The Hall–Kier alpha value is -3.15. The summed E-state index contributed by atoms with van der Waals surface area (Å²) in [5.74, 6) is -0.294. The van der Waals surface area contributed by atoms with E-state index in [9.17, 15) is 9.59 Å². The van der Waals surface area contributed by atoms with E-state index >= 15 is 0 Å². The number of anilines is 1. The number of carbonyl (C=O) groups is 2. The van der Waals surface area contributed by atoms with Gasteiger partial charge in [0.1, 0.15) is 5.75 Å². The van der Waals surface area contributed by atoms with Crippen LogP contribution in [0.3, 0.4) is 0 Å². The first kappa shape index (κ1) is 17.7. The van der Waals surface area contributed by atoms with Crippen LogP contribution >= 0.6 is 0 Å². The number of carbonyl (C=O) groups excluding carboxylic acids is 2. The molecule has 6 heteroatoms. The van der Waals surface area contributed by atoms with Gasteiger partial charge >= 0.3 is 5.97 Å². The van der Waals surface area contributed by atoms with Gasteiger partial charge in [-0.05, 0) is 36.8 Å². The Kier molecular flexibility index (Phi) is 5.31. The quantitative estimate of drug-likeness (QED) is 0.774. The standard InChI is InChI=1S/C20H20N2O4/c1-3-26-20(24)19-18(23)13-17(14-7-5-4-6-8-14)22(21-19)15-9-11-16(25-2)12-10-15/h4-12,17H,3,13H2,1-2H3/t17-/m0/s1. The molecule has 0 radical (unpaired) electrons. The number of ketones is 1. The Bertz CT molecular complexity index is 815. The van der Waals surface area contributed by atoms with E-state index in [1.807, 2.05) is 54.6 Å². The number of ether oxygens (including phenoxy) is 2. The van der Waals surface area contributed by atoms with Gasteiger partial charge in [-0.15, -0.1) is 0 Å². The van der Waals surface area contributed by atoms with Crippen LogP contribution in [0.4, 0.5) is 5.69 Å². The van der Waals surface area contributed by atoms with Crippen molar-refractivity contribution in [1.82, 2.24) is 0 Å². The van der Waals surface area contributed by atoms with Crippen molar-refractivity contribution in [3.63, 3.8) is 0 Å². The number of methoxy groups -OCH3 is 1. The maximum Gasteiger partial charge on any atom is 0.362 e. The van der Waals surface area contributed by atoms with Crippen molar-refractivity contribution in [3.8, 4) is 5.75 Å². The SMILES string of the molecule is CCOC(=O)C1=NN(c2ccc(OC)cc2)[C@H](c2ccccc2)CC1=O. The van der Waals surface area contributed by atoms with Gasteiger partial charge in [0.2, 0.25) is 5.71 Å². The van der Waals surface area contributed by atoms with Crippen LogP contribution in [0.2, 0.25) is 0 Å². The van der Waals surface area contributed by atoms with E-state index in [0.29, 0.717) is 5.75 Å². The molecule has 0 aromatic heterocycles. The van der Waals surface area contributed by atoms with Crippen LogP contribution < -0.4 is 9.75 Å². The molecule has 2 aromatic rings. The van der Waals surface area contributed by atoms with Gasteiger partial charge in [0.15, 0.2) is 5.78 Å². The first-order valence-corrected chi connectivity index (χ1v) is 8.41. The van der Waals surface area contributed by atoms with Crippen molar-refractivity contribution in [3.05, 3.63) is 60.2 Å². The summed E-state index contributed by atoms with van der Waals surface area (Å²) in [4.78, 5) is 24.6. The molecule has 134 valence electrons. The summed E-state index contributed by atoms with van der Waals surface area (Å²) < 4.78 is 10.2. The second-order valence-corrected chi connectivity index (χ2v) is 5.77. The van der Waals surface area contributed by atoms with Crippen LogP contribution in [0.15, 0.2) is 59.7 Å². The zero-order valence-corrected chi connectivity index (χ0v) is 14.7. The lowest BCUT2D eigenvalue weighted by Gasteiger charge is -2.33. The normalized spacial score (nSPS) is 16.8. The number of benzene rings is 2. The smallest absolute Gasteiger partial charge is 0.362 e. The van der Waals surface area contributed by atoms with Crippen LogP contribution in [0, 0.1) is 0 Å². The molecular weight excluding hydrogens is 332 g/mol. The highest BCUT2D eigenvalue weighted by molar-refractivity contribution is 6.64. The molecular formula is C20H20N2O4. The van der Waals surface area contributed by atoms with E-state index in [2.05, 4.69) is 5.10 Å². The van der Waals surface area contributed by atoms with Crippen molar-refractivity contribution in [1.29, 1.82) is 0 Å². The van der Waals surface area contributed by atoms with Gasteiger partial charge < -0.3 is 9.47 Å². The zero-order valence-electron chi connectivity index (χ0n) is 14.7. The molecule has 3 rings (SSSR count).